The van der Waals surface area contributed by atoms with Crippen LogP contribution in [0.3, 0.4) is 0 Å². The van der Waals surface area contributed by atoms with Crippen molar-refractivity contribution in [3.05, 3.63) is 76.6 Å². The molecule has 0 aliphatic rings. The Bertz CT molecular complexity index is 1270. The molecule has 0 saturated carbocycles. The van der Waals surface area contributed by atoms with E-state index in [1.807, 2.05) is 30.3 Å². The van der Waals surface area contributed by atoms with Crippen molar-refractivity contribution < 1.29 is 9.18 Å². The van der Waals surface area contributed by atoms with Gasteiger partial charge in [0, 0.05) is 31.9 Å². The maximum Gasteiger partial charge on any atom is 0.329 e. The number of hydrogen-bond donors (Lipinski definition) is 1. The fourth-order valence-corrected chi connectivity index (χ4v) is 3.66. The van der Waals surface area contributed by atoms with Crippen LogP contribution in [0.5, 0.6) is 0 Å². The molecule has 7 nitrogen and oxygen atoms in total. The Balaban J connectivity index is 1.34. The van der Waals surface area contributed by atoms with Gasteiger partial charge in [0.2, 0.25) is 5.91 Å². The lowest BCUT2D eigenvalue weighted by molar-refractivity contribution is -0.130. The number of likely N-dealkylation sites (N-methyl/N-ethyl adjacent to an activating group) is 1. The summed E-state index contributed by atoms with van der Waals surface area (Å²) >= 11 is 0. The monoisotopic (exact) mass is 421 g/mol. The number of hydrogen-bond acceptors (Lipinski definition) is 3. The van der Waals surface area contributed by atoms with Crippen molar-refractivity contribution in [2.45, 2.75) is 19.4 Å². The van der Waals surface area contributed by atoms with Gasteiger partial charge in [0.15, 0.2) is 0 Å². The molecule has 1 amide bonds. The largest absolute Gasteiger partial charge is 0.344 e. The van der Waals surface area contributed by atoms with Gasteiger partial charge in [-0.25, -0.2) is 9.18 Å². The van der Waals surface area contributed by atoms with Crippen LogP contribution >= 0.6 is 0 Å². The molecule has 160 valence electrons. The molecule has 2 aromatic heterocycles. The standard InChI is InChI=1S/C23H24FN5O2/c1-27(22(30)15-29-21-8-4-3-7-20(21)28(2)23(29)31)13-5-6-18-14-19(26-25-18)16-9-11-17(24)12-10-16/h3-4,7-12,14H,5-6,13,15H2,1-2H3,(H,25,26). The van der Waals surface area contributed by atoms with E-state index in [-0.39, 0.29) is 24.0 Å². The Morgan fingerprint density at radius 3 is 2.58 bits per heavy atom. The molecule has 4 rings (SSSR count). The number of carbonyl (C=O) groups is 1. The number of nitrogens with one attached hydrogen (secondary N) is 1. The minimum Gasteiger partial charge on any atom is -0.344 e. The number of aromatic amines is 1. The molecular formula is C23H24FN5O2. The van der Waals surface area contributed by atoms with Gasteiger partial charge < -0.3 is 4.90 Å². The zero-order chi connectivity index (χ0) is 22.0. The number of carbonyl (C=O) groups excluding carboxylic acids is 1. The highest BCUT2D eigenvalue weighted by molar-refractivity contribution is 5.80. The molecule has 0 unspecified atom stereocenters. The maximum absolute atomic E-state index is 13.1. The number of aromatic nitrogens is 4. The smallest absolute Gasteiger partial charge is 0.329 e. The van der Waals surface area contributed by atoms with Gasteiger partial charge in [0.25, 0.3) is 0 Å². The second kappa shape index (κ2) is 8.59. The van der Waals surface area contributed by atoms with Gasteiger partial charge >= 0.3 is 5.69 Å². The maximum atomic E-state index is 13.1. The van der Waals surface area contributed by atoms with Crippen LogP contribution in [0.1, 0.15) is 12.1 Å². The molecular weight excluding hydrogens is 397 g/mol. The number of rotatable bonds is 7. The summed E-state index contributed by atoms with van der Waals surface area (Å²) in [4.78, 5) is 26.8. The molecule has 4 aromatic rings. The van der Waals surface area contributed by atoms with Crippen LogP contribution in [0.15, 0.2) is 59.4 Å². The summed E-state index contributed by atoms with van der Waals surface area (Å²) in [5.74, 6) is -0.395. The summed E-state index contributed by atoms with van der Waals surface area (Å²) in [6.07, 6.45) is 1.47. The fraction of sp³-hybridized carbons (Fsp3) is 0.261. The predicted octanol–water partition coefficient (Wildman–Crippen LogP) is 2.96. The van der Waals surface area contributed by atoms with Gasteiger partial charge in [-0.05, 0) is 55.3 Å². The Kier molecular flexibility index (Phi) is 5.70. The third-order valence-electron chi connectivity index (χ3n) is 5.48. The predicted molar refractivity (Wildman–Crippen MR) is 117 cm³/mol. The third kappa shape index (κ3) is 4.28. The average Bonchev–Trinajstić information content (AvgIpc) is 3.33. The third-order valence-corrected chi connectivity index (χ3v) is 5.48. The lowest BCUT2D eigenvalue weighted by Gasteiger charge is -2.17. The summed E-state index contributed by atoms with van der Waals surface area (Å²) in [5.41, 5.74) is 3.91. The van der Waals surface area contributed by atoms with Crippen molar-refractivity contribution in [1.82, 2.24) is 24.2 Å². The van der Waals surface area contributed by atoms with E-state index in [4.69, 9.17) is 0 Å². The van der Waals surface area contributed by atoms with E-state index in [2.05, 4.69) is 10.2 Å². The number of benzene rings is 2. The minimum atomic E-state index is -0.280. The van der Waals surface area contributed by atoms with Crippen molar-refractivity contribution in [2.24, 2.45) is 7.05 Å². The van der Waals surface area contributed by atoms with E-state index in [0.29, 0.717) is 6.54 Å². The number of fused-ring (bicyclic) bond motifs is 1. The molecule has 2 heterocycles. The first kappa shape index (κ1) is 20.6. The van der Waals surface area contributed by atoms with Gasteiger partial charge in [0.05, 0.1) is 16.7 Å². The van der Waals surface area contributed by atoms with Crippen molar-refractivity contribution in [3.63, 3.8) is 0 Å². The number of aryl methyl sites for hydroxylation is 2. The van der Waals surface area contributed by atoms with E-state index < -0.39 is 0 Å². The number of nitrogens with zero attached hydrogens (tertiary/aromatic N) is 4. The quantitative estimate of drug-likeness (QED) is 0.499. The van der Waals surface area contributed by atoms with Crippen molar-refractivity contribution >= 4 is 16.9 Å². The molecule has 1 N–H and O–H groups in total. The summed E-state index contributed by atoms with van der Waals surface area (Å²) in [6, 6.07) is 15.6. The first-order chi connectivity index (χ1) is 14.9. The highest BCUT2D eigenvalue weighted by Gasteiger charge is 2.16. The summed E-state index contributed by atoms with van der Waals surface area (Å²) in [7, 11) is 3.45. The Labute approximate surface area is 178 Å². The molecule has 0 saturated heterocycles. The highest BCUT2D eigenvalue weighted by atomic mass is 19.1. The highest BCUT2D eigenvalue weighted by Crippen LogP contribution is 2.18. The van der Waals surface area contributed by atoms with Crippen molar-refractivity contribution in [1.29, 1.82) is 0 Å². The van der Waals surface area contributed by atoms with Gasteiger partial charge in [-0.2, -0.15) is 5.10 Å². The van der Waals surface area contributed by atoms with Crippen LogP contribution in [-0.2, 0) is 24.8 Å². The molecule has 0 atom stereocenters. The van der Waals surface area contributed by atoms with Crippen LogP contribution in [0.4, 0.5) is 4.39 Å². The van der Waals surface area contributed by atoms with Crippen LogP contribution < -0.4 is 5.69 Å². The van der Waals surface area contributed by atoms with Gasteiger partial charge in [-0.1, -0.05) is 12.1 Å². The van der Waals surface area contributed by atoms with Crippen LogP contribution in [-0.4, -0.2) is 43.7 Å². The molecule has 8 heteroatoms. The molecule has 2 aromatic carbocycles. The lowest BCUT2D eigenvalue weighted by atomic mass is 10.1. The number of para-hydroxylation sites is 2. The van der Waals surface area contributed by atoms with Crippen molar-refractivity contribution in [3.8, 4) is 11.3 Å². The topological polar surface area (TPSA) is 75.9 Å². The van der Waals surface area contributed by atoms with Crippen molar-refractivity contribution in [2.75, 3.05) is 13.6 Å². The molecule has 0 fully saturated rings. The van der Waals surface area contributed by atoms with Gasteiger partial charge in [0.1, 0.15) is 12.4 Å². The van der Waals surface area contributed by atoms with E-state index >= 15 is 0 Å². The number of amides is 1. The lowest BCUT2D eigenvalue weighted by Crippen LogP contribution is -2.34. The first-order valence-electron chi connectivity index (χ1n) is 10.1. The number of H-pyrrole nitrogens is 1. The van der Waals surface area contributed by atoms with E-state index in [9.17, 15) is 14.0 Å². The molecule has 0 spiro atoms. The SMILES string of the molecule is CN(CCCc1cc(-c2ccc(F)cc2)n[nH]1)C(=O)Cn1c(=O)n(C)c2ccccc21. The zero-order valence-electron chi connectivity index (χ0n) is 17.5. The second-order valence-electron chi connectivity index (χ2n) is 7.62. The average molecular weight is 421 g/mol. The summed E-state index contributed by atoms with van der Waals surface area (Å²) < 4.78 is 16.1. The van der Waals surface area contributed by atoms with Gasteiger partial charge in [-0.3, -0.25) is 19.0 Å². The van der Waals surface area contributed by atoms with Crippen LogP contribution in [0.2, 0.25) is 0 Å². The molecule has 0 aliphatic heterocycles. The van der Waals surface area contributed by atoms with Crippen LogP contribution in [0, 0.1) is 5.82 Å². The van der Waals surface area contributed by atoms with E-state index in [1.165, 1.54) is 16.7 Å². The Morgan fingerprint density at radius 2 is 1.84 bits per heavy atom. The molecule has 0 radical (unpaired) electrons. The zero-order valence-corrected chi connectivity index (χ0v) is 17.5. The molecule has 31 heavy (non-hydrogen) atoms. The van der Waals surface area contributed by atoms with E-state index in [0.717, 1.165) is 40.8 Å². The van der Waals surface area contributed by atoms with E-state index in [1.54, 1.807) is 35.7 Å². The Hall–Kier alpha value is -3.68. The normalized spacial score (nSPS) is 11.2. The first-order valence-corrected chi connectivity index (χ1v) is 10.1. The Morgan fingerprint density at radius 1 is 1.13 bits per heavy atom. The summed E-state index contributed by atoms with van der Waals surface area (Å²) in [5, 5.41) is 7.27. The molecule has 0 bridgehead atoms. The number of imidazole rings is 1. The van der Waals surface area contributed by atoms with Gasteiger partial charge in [-0.15, -0.1) is 0 Å². The second-order valence-corrected chi connectivity index (χ2v) is 7.62. The fourth-order valence-electron chi connectivity index (χ4n) is 3.66. The minimum absolute atomic E-state index is 0.00938. The molecule has 0 aliphatic carbocycles. The summed E-state index contributed by atoms with van der Waals surface area (Å²) in [6.45, 7) is 0.568. The number of halogens is 1. The van der Waals surface area contributed by atoms with Crippen LogP contribution in [0.25, 0.3) is 22.3 Å².